The molecule has 0 fully saturated rings. The zero-order valence-corrected chi connectivity index (χ0v) is 13.8. The number of nitrogens with zero attached hydrogens (tertiary/aromatic N) is 2. The summed E-state index contributed by atoms with van der Waals surface area (Å²) < 4.78 is 5.32. The molecule has 0 aliphatic carbocycles. The number of aliphatic imine (C=N–C) groups is 1. The Bertz CT molecular complexity index is 476. The highest BCUT2D eigenvalue weighted by molar-refractivity contribution is 5.56. The zero-order chi connectivity index (χ0) is 15.3. The van der Waals surface area contributed by atoms with Crippen LogP contribution in [0.3, 0.4) is 0 Å². The van der Waals surface area contributed by atoms with Crippen molar-refractivity contribution < 1.29 is 4.74 Å². The smallest absolute Gasteiger partial charge is 0.0857 e. The molecule has 2 rings (SSSR count). The van der Waals surface area contributed by atoms with Crippen LogP contribution in [0.15, 0.2) is 29.3 Å². The summed E-state index contributed by atoms with van der Waals surface area (Å²) in [6.07, 6.45) is 4.39. The molecule has 3 heteroatoms. The molecule has 0 spiro atoms. The molecule has 0 aromatic heterocycles. The first kappa shape index (κ1) is 16.0. The van der Waals surface area contributed by atoms with E-state index in [1.165, 1.54) is 24.0 Å². The van der Waals surface area contributed by atoms with Gasteiger partial charge < -0.3 is 9.64 Å². The quantitative estimate of drug-likeness (QED) is 0.625. The molecule has 116 valence electrons. The molecule has 1 aliphatic rings. The van der Waals surface area contributed by atoms with Gasteiger partial charge in [0.15, 0.2) is 0 Å². The molecule has 1 aliphatic heterocycles. The van der Waals surface area contributed by atoms with E-state index in [2.05, 4.69) is 49.9 Å². The van der Waals surface area contributed by atoms with Crippen LogP contribution in [0, 0.1) is 5.41 Å². The molecule has 1 aromatic carbocycles. The van der Waals surface area contributed by atoms with E-state index in [9.17, 15) is 0 Å². The summed E-state index contributed by atoms with van der Waals surface area (Å²) in [5.74, 6) is 0. The third-order valence-corrected chi connectivity index (χ3v) is 4.12. The topological polar surface area (TPSA) is 24.8 Å². The Morgan fingerprint density at radius 3 is 2.67 bits per heavy atom. The largest absolute Gasteiger partial charge is 0.382 e. The van der Waals surface area contributed by atoms with Gasteiger partial charge in [0.1, 0.15) is 0 Å². The molecule has 21 heavy (non-hydrogen) atoms. The number of hydrogen-bond donors (Lipinski definition) is 0. The molecule has 0 radical (unpaired) electrons. The van der Waals surface area contributed by atoms with Crippen molar-refractivity contribution in [3.05, 3.63) is 35.4 Å². The second-order valence-electron chi connectivity index (χ2n) is 6.94. The Morgan fingerprint density at radius 2 is 2.00 bits per heavy atom. The fourth-order valence-corrected chi connectivity index (χ4v) is 2.67. The van der Waals surface area contributed by atoms with Gasteiger partial charge in [-0.25, -0.2) is 0 Å². The van der Waals surface area contributed by atoms with E-state index in [0.717, 1.165) is 13.1 Å². The maximum absolute atomic E-state index is 5.32. The molecular weight excluding hydrogens is 260 g/mol. The van der Waals surface area contributed by atoms with Crippen molar-refractivity contribution in [3.63, 3.8) is 0 Å². The van der Waals surface area contributed by atoms with Crippen LogP contribution in [-0.4, -0.2) is 37.5 Å². The first-order chi connectivity index (χ1) is 10.0. The van der Waals surface area contributed by atoms with Crippen molar-refractivity contribution in [2.45, 2.75) is 46.2 Å². The molecule has 3 nitrogen and oxygen atoms in total. The fourth-order valence-electron chi connectivity index (χ4n) is 2.67. The number of aryl methyl sites for hydroxylation is 1. The SMILES string of the molecule is COC[C@@H](N=CN1CCCc2ccccc2C1)C(C)(C)C. The van der Waals surface area contributed by atoms with Gasteiger partial charge in [0.2, 0.25) is 0 Å². The van der Waals surface area contributed by atoms with Crippen LogP contribution < -0.4 is 0 Å². The van der Waals surface area contributed by atoms with Gasteiger partial charge in [-0.3, -0.25) is 4.99 Å². The van der Waals surface area contributed by atoms with Crippen LogP contribution in [-0.2, 0) is 17.7 Å². The molecule has 0 unspecified atom stereocenters. The molecule has 1 aromatic rings. The number of ether oxygens (including phenoxy) is 1. The van der Waals surface area contributed by atoms with Crippen molar-refractivity contribution in [2.24, 2.45) is 10.4 Å². The van der Waals surface area contributed by atoms with E-state index < -0.39 is 0 Å². The second kappa shape index (κ2) is 7.08. The summed E-state index contributed by atoms with van der Waals surface area (Å²) in [6.45, 7) is 9.35. The molecule has 1 atom stereocenters. The third-order valence-electron chi connectivity index (χ3n) is 4.12. The molecule has 0 N–H and O–H groups in total. The molecule has 0 saturated carbocycles. The Labute approximate surface area is 129 Å². The predicted octanol–water partition coefficient (Wildman–Crippen LogP) is 3.52. The zero-order valence-electron chi connectivity index (χ0n) is 13.8. The first-order valence-corrected chi connectivity index (χ1v) is 7.84. The molecular formula is C18H28N2O. The summed E-state index contributed by atoms with van der Waals surface area (Å²) in [4.78, 5) is 7.13. The summed E-state index contributed by atoms with van der Waals surface area (Å²) in [5, 5.41) is 0. The van der Waals surface area contributed by atoms with E-state index in [-0.39, 0.29) is 11.5 Å². The lowest BCUT2D eigenvalue weighted by molar-refractivity contribution is 0.135. The fraction of sp³-hybridized carbons (Fsp3) is 0.611. The number of benzene rings is 1. The summed E-state index contributed by atoms with van der Waals surface area (Å²) >= 11 is 0. The Morgan fingerprint density at radius 1 is 1.29 bits per heavy atom. The van der Waals surface area contributed by atoms with Gasteiger partial charge in [-0.2, -0.15) is 0 Å². The normalized spacial score (nSPS) is 17.6. The van der Waals surface area contributed by atoms with Crippen LogP contribution >= 0.6 is 0 Å². The maximum Gasteiger partial charge on any atom is 0.0857 e. The monoisotopic (exact) mass is 288 g/mol. The lowest BCUT2D eigenvalue weighted by atomic mass is 9.88. The molecule has 0 saturated heterocycles. The third kappa shape index (κ3) is 4.57. The molecule has 0 bridgehead atoms. The van der Waals surface area contributed by atoms with Gasteiger partial charge in [-0.1, -0.05) is 45.0 Å². The summed E-state index contributed by atoms with van der Waals surface area (Å²) in [5.41, 5.74) is 3.04. The van der Waals surface area contributed by atoms with Crippen molar-refractivity contribution in [1.82, 2.24) is 4.90 Å². The number of methoxy groups -OCH3 is 1. The highest BCUT2D eigenvalue weighted by Gasteiger charge is 2.23. The van der Waals surface area contributed by atoms with Crippen molar-refractivity contribution >= 4 is 6.34 Å². The van der Waals surface area contributed by atoms with Gasteiger partial charge in [0.25, 0.3) is 0 Å². The van der Waals surface area contributed by atoms with E-state index in [0.29, 0.717) is 6.61 Å². The molecule has 0 amide bonds. The van der Waals surface area contributed by atoms with Gasteiger partial charge >= 0.3 is 0 Å². The van der Waals surface area contributed by atoms with Crippen LogP contribution in [0.25, 0.3) is 0 Å². The minimum atomic E-state index is 0.121. The second-order valence-corrected chi connectivity index (χ2v) is 6.94. The lowest BCUT2D eigenvalue weighted by Crippen LogP contribution is -2.31. The minimum Gasteiger partial charge on any atom is -0.382 e. The standard InChI is InChI=1S/C18H28N2O/c1-18(2,3)17(13-21-4)19-14-20-11-7-10-15-8-5-6-9-16(15)12-20/h5-6,8-9,14,17H,7,10-13H2,1-4H3/t17-/m1/s1. The summed E-state index contributed by atoms with van der Waals surface area (Å²) in [6, 6.07) is 8.94. The summed E-state index contributed by atoms with van der Waals surface area (Å²) in [7, 11) is 1.75. The number of hydrogen-bond acceptors (Lipinski definition) is 2. The van der Waals surface area contributed by atoms with E-state index in [1.807, 2.05) is 6.34 Å². The average Bonchev–Trinajstić information content (AvgIpc) is 2.63. The Balaban J connectivity index is 2.06. The number of rotatable bonds is 4. The minimum absolute atomic E-state index is 0.121. The van der Waals surface area contributed by atoms with E-state index in [1.54, 1.807) is 7.11 Å². The lowest BCUT2D eigenvalue weighted by Gasteiger charge is -2.27. The van der Waals surface area contributed by atoms with Gasteiger partial charge in [0.05, 0.1) is 19.0 Å². The number of fused-ring (bicyclic) bond motifs is 1. The predicted molar refractivity (Wildman–Crippen MR) is 88.8 cm³/mol. The van der Waals surface area contributed by atoms with Crippen LogP contribution in [0.5, 0.6) is 0 Å². The van der Waals surface area contributed by atoms with E-state index >= 15 is 0 Å². The van der Waals surface area contributed by atoms with Gasteiger partial charge in [0, 0.05) is 20.2 Å². The first-order valence-electron chi connectivity index (χ1n) is 7.84. The van der Waals surface area contributed by atoms with Crippen molar-refractivity contribution in [3.8, 4) is 0 Å². The van der Waals surface area contributed by atoms with Crippen molar-refractivity contribution in [2.75, 3.05) is 20.3 Å². The Hall–Kier alpha value is -1.35. The maximum atomic E-state index is 5.32. The van der Waals surface area contributed by atoms with Gasteiger partial charge in [-0.05, 0) is 29.4 Å². The highest BCUT2D eigenvalue weighted by atomic mass is 16.5. The molecule has 1 heterocycles. The van der Waals surface area contributed by atoms with Crippen LogP contribution in [0.2, 0.25) is 0 Å². The van der Waals surface area contributed by atoms with Crippen LogP contribution in [0.1, 0.15) is 38.3 Å². The average molecular weight is 288 g/mol. The van der Waals surface area contributed by atoms with Crippen LogP contribution in [0.4, 0.5) is 0 Å². The van der Waals surface area contributed by atoms with E-state index in [4.69, 9.17) is 9.73 Å². The Kier molecular flexibility index (Phi) is 5.40. The highest BCUT2D eigenvalue weighted by Crippen LogP contribution is 2.23. The van der Waals surface area contributed by atoms with Gasteiger partial charge in [-0.15, -0.1) is 0 Å². The van der Waals surface area contributed by atoms with Crippen molar-refractivity contribution in [1.29, 1.82) is 0 Å².